The molecule has 1 aromatic heterocycles. The highest BCUT2D eigenvalue weighted by atomic mass is 35.5. The molecule has 0 aliphatic carbocycles. The van der Waals surface area contributed by atoms with Crippen molar-refractivity contribution >= 4 is 11.6 Å². The summed E-state index contributed by atoms with van der Waals surface area (Å²) < 4.78 is 13.2. The van der Waals surface area contributed by atoms with Gasteiger partial charge < -0.3 is 5.32 Å². The van der Waals surface area contributed by atoms with E-state index in [2.05, 4.69) is 17.2 Å². The Morgan fingerprint density at radius 2 is 2.05 bits per heavy atom. The standard InChI is InChI=1S/C15H16ClFN2/c1-2-5-18-9-13-6-11(3-4-15(13)16)12-7-14(17)10-19-8-12/h3-4,6-8,10,18H,2,5,9H2,1H3. The molecule has 4 heteroatoms. The molecule has 100 valence electrons. The summed E-state index contributed by atoms with van der Waals surface area (Å²) in [5, 5.41) is 4.03. The second kappa shape index (κ2) is 6.64. The van der Waals surface area contributed by atoms with Crippen LogP contribution in [0, 0.1) is 5.82 Å². The van der Waals surface area contributed by atoms with Gasteiger partial charge in [0.05, 0.1) is 6.20 Å². The average molecular weight is 279 g/mol. The quantitative estimate of drug-likeness (QED) is 0.835. The number of halogens is 2. The number of nitrogens with one attached hydrogen (secondary N) is 1. The van der Waals surface area contributed by atoms with Crippen molar-refractivity contribution in [3.05, 3.63) is 53.1 Å². The molecule has 19 heavy (non-hydrogen) atoms. The third-order valence-electron chi connectivity index (χ3n) is 2.83. The summed E-state index contributed by atoms with van der Waals surface area (Å²) >= 11 is 6.16. The van der Waals surface area contributed by atoms with Crippen molar-refractivity contribution in [3.8, 4) is 11.1 Å². The maximum atomic E-state index is 13.2. The van der Waals surface area contributed by atoms with Gasteiger partial charge in [-0.25, -0.2) is 4.39 Å². The molecule has 0 bridgehead atoms. The smallest absolute Gasteiger partial charge is 0.142 e. The summed E-state index contributed by atoms with van der Waals surface area (Å²) in [6, 6.07) is 7.16. The van der Waals surface area contributed by atoms with Gasteiger partial charge in [0.15, 0.2) is 0 Å². The first-order valence-electron chi connectivity index (χ1n) is 6.30. The van der Waals surface area contributed by atoms with Crippen molar-refractivity contribution in [2.45, 2.75) is 19.9 Å². The number of benzene rings is 1. The van der Waals surface area contributed by atoms with Gasteiger partial charge in [-0.3, -0.25) is 4.98 Å². The van der Waals surface area contributed by atoms with E-state index in [0.717, 1.165) is 34.7 Å². The van der Waals surface area contributed by atoms with Crippen molar-refractivity contribution in [2.24, 2.45) is 0 Å². The minimum Gasteiger partial charge on any atom is -0.313 e. The van der Waals surface area contributed by atoms with Crippen molar-refractivity contribution in [2.75, 3.05) is 6.54 Å². The largest absolute Gasteiger partial charge is 0.313 e. The van der Waals surface area contributed by atoms with Gasteiger partial charge in [0, 0.05) is 23.3 Å². The van der Waals surface area contributed by atoms with Crippen molar-refractivity contribution in [1.82, 2.24) is 10.3 Å². The van der Waals surface area contributed by atoms with Crippen molar-refractivity contribution in [3.63, 3.8) is 0 Å². The normalized spacial score (nSPS) is 10.7. The number of rotatable bonds is 5. The van der Waals surface area contributed by atoms with E-state index in [1.807, 2.05) is 18.2 Å². The lowest BCUT2D eigenvalue weighted by atomic mass is 10.0. The average Bonchev–Trinajstić information content (AvgIpc) is 2.41. The Kier molecular flexibility index (Phi) is 4.88. The molecule has 1 heterocycles. The SMILES string of the molecule is CCCNCc1cc(-c2cncc(F)c2)ccc1Cl. The molecule has 0 unspecified atom stereocenters. The first-order valence-corrected chi connectivity index (χ1v) is 6.68. The van der Waals surface area contributed by atoms with Crippen molar-refractivity contribution < 1.29 is 4.39 Å². The van der Waals surface area contributed by atoms with E-state index in [1.54, 1.807) is 6.20 Å². The molecule has 0 spiro atoms. The highest BCUT2D eigenvalue weighted by Crippen LogP contribution is 2.25. The lowest BCUT2D eigenvalue weighted by Gasteiger charge is -2.09. The van der Waals surface area contributed by atoms with Gasteiger partial charge in [-0.1, -0.05) is 24.6 Å². The van der Waals surface area contributed by atoms with Crippen molar-refractivity contribution in [1.29, 1.82) is 0 Å². The van der Waals surface area contributed by atoms with Gasteiger partial charge in [-0.2, -0.15) is 0 Å². The summed E-state index contributed by atoms with van der Waals surface area (Å²) in [4.78, 5) is 3.86. The van der Waals surface area contributed by atoms with Crippen LogP contribution in [0.1, 0.15) is 18.9 Å². The van der Waals surface area contributed by atoms with Gasteiger partial charge in [0.1, 0.15) is 5.82 Å². The number of hydrogen-bond donors (Lipinski definition) is 1. The summed E-state index contributed by atoms with van der Waals surface area (Å²) in [6.45, 7) is 3.77. The molecule has 0 atom stereocenters. The Balaban J connectivity index is 2.25. The summed E-state index contributed by atoms with van der Waals surface area (Å²) in [6.07, 6.45) is 3.92. The Morgan fingerprint density at radius 3 is 2.79 bits per heavy atom. The fourth-order valence-corrected chi connectivity index (χ4v) is 2.04. The van der Waals surface area contributed by atoms with E-state index < -0.39 is 0 Å². The molecule has 2 rings (SSSR count). The zero-order chi connectivity index (χ0) is 13.7. The van der Waals surface area contributed by atoms with Crippen LogP contribution < -0.4 is 5.32 Å². The van der Waals surface area contributed by atoms with Gasteiger partial charge in [0.2, 0.25) is 0 Å². The predicted molar refractivity (Wildman–Crippen MR) is 76.6 cm³/mol. The van der Waals surface area contributed by atoms with Crippen LogP contribution in [0.2, 0.25) is 5.02 Å². The highest BCUT2D eigenvalue weighted by Gasteiger charge is 2.05. The molecule has 0 radical (unpaired) electrons. The van der Waals surface area contributed by atoms with E-state index in [-0.39, 0.29) is 5.82 Å². The molecule has 0 saturated heterocycles. The molecule has 2 nitrogen and oxygen atoms in total. The van der Waals surface area contributed by atoms with Gasteiger partial charge in [0.25, 0.3) is 0 Å². The number of nitrogens with zero attached hydrogens (tertiary/aromatic N) is 1. The summed E-state index contributed by atoms with van der Waals surface area (Å²) in [5.74, 6) is -0.335. The molecule has 1 N–H and O–H groups in total. The first kappa shape index (κ1) is 14.0. The van der Waals surface area contributed by atoms with Crippen LogP contribution in [-0.4, -0.2) is 11.5 Å². The third-order valence-corrected chi connectivity index (χ3v) is 3.19. The van der Waals surface area contributed by atoms with E-state index in [0.29, 0.717) is 6.54 Å². The van der Waals surface area contributed by atoms with Crippen LogP contribution in [0.5, 0.6) is 0 Å². The zero-order valence-corrected chi connectivity index (χ0v) is 11.5. The third kappa shape index (κ3) is 3.75. The van der Waals surface area contributed by atoms with Crippen LogP contribution >= 0.6 is 11.6 Å². The topological polar surface area (TPSA) is 24.9 Å². The Bertz CT molecular complexity index is 558. The van der Waals surface area contributed by atoms with E-state index in [9.17, 15) is 4.39 Å². The van der Waals surface area contributed by atoms with Crippen LogP contribution in [0.25, 0.3) is 11.1 Å². The fraction of sp³-hybridized carbons (Fsp3) is 0.267. The Morgan fingerprint density at radius 1 is 1.21 bits per heavy atom. The van der Waals surface area contributed by atoms with Crippen LogP contribution in [0.4, 0.5) is 4.39 Å². The van der Waals surface area contributed by atoms with Crippen LogP contribution in [0.3, 0.4) is 0 Å². The van der Waals surface area contributed by atoms with Gasteiger partial charge in [-0.15, -0.1) is 0 Å². The van der Waals surface area contributed by atoms with E-state index in [4.69, 9.17) is 11.6 Å². The number of hydrogen-bond acceptors (Lipinski definition) is 2. The Labute approximate surface area is 117 Å². The maximum absolute atomic E-state index is 13.2. The molecule has 0 fully saturated rings. The minimum atomic E-state index is -0.335. The zero-order valence-electron chi connectivity index (χ0n) is 10.8. The lowest BCUT2D eigenvalue weighted by Crippen LogP contribution is -2.14. The maximum Gasteiger partial charge on any atom is 0.142 e. The van der Waals surface area contributed by atoms with E-state index in [1.165, 1.54) is 12.3 Å². The molecule has 1 aromatic carbocycles. The molecule has 2 aromatic rings. The molecular formula is C15H16ClFN2. The minimum absolute atomic E-state index is 0.335. The van der Waals surface area contributed by atoms with Gasteiger partial charge >= 0.3 is 0 Å². The molecule has 0 saturated carbocycles. The monoisotopic (exact) mass is 278 g/mol. The fourth-order valence-electron chi connectivity index (χ4n) is 1.86. The first-order chi connectivity index (χ1) is 9.20. The van der Waals surface area contributed by atoms with Crippen LogP contribution in [0.15, 0.2) is 36.7 Å². The molecule has 0 amide bonds. The van der Waals surface area contributed by atoms with Crippen LogP contribution in [-0.2, 0) is 6.54 Å². The summed E-state index contributed by atoms with van der Waals surface area (Å²) in [5.41, 5.74) is 2.69. The Hall–Kier alpha value is -1.45. The number of aromatic nitrogens is 1. The second-order valence-electron chi connectivity index (χ2n) is 4.37. The van der Waals surface area contributed by atoms with E-state index >= 15 is 0 Å². The molecular weight excluding hydrogens is 263 g/mol. The lowest BCUT2D eigenvalue weighted by molar-refractivity contribution is 0.622. The predicted octanol–water partition coefficient (Wildman–Crippen LogP) is 4.04. The molecule has 0 aliphatic rings. The second-order valence-corrected chi connectivity index (χ2v) is 4.78. The summed E-state index contributed by atoms with van der Waals surface area (Å²) in [7, 11) is 0. The molecule has 0 aliphatic heterocycles. The van der Waals surface area contributed by atoms with Gasteiger partial charge in [-0.05, 0) is 42.3 Å². The number of pyridine rings is 1. The highest BCUT2D eigenvalue weighted by molar-refractivity contribution is 6.31.